The molecule has 7 heteroatoms. The van der Waals surface area contributed by atoms with Crippen LogP contribution in [-0.2, 0) is 4.74 Å². The fourth-order valence-electron chi connectivity index (χ4n) is 3.61. The van der Waals surface area contributed by atoms with Gasteiger partial charge in [-0.05, 0) is 42.0 Å². The van der Waals surface area contributed by atoms with Crippen molar-refractivity contribution in [1.82, 2.24) is 4.90 Å². The summed E-state index contributed by atoms with van der Waals surface area (Å²) >= 11 is 6.14. The molecule has 0 aliphatic carbocycles. The number of amides is 2. The fraction of sp³-hybridized carbons (Fsp3) is 0.167. The van der Waals surface area contributed by atoms with Crippen LogP contribution in [0.15, 0.2) is 72.8 Å². The lowest BCUT2D eigenvalue weighted by molar-refractivity contribution is 0.0609. The van der Waals surface area contributed by atoms with Gasteiger partial charge in [0.05, 0.1) is 22.8 Å². The fourth-order valence-corrected chi connectivity index (χ4v) is 3.83. The molecular weight excluding hydrogens is 414 g/mol. The number of nitrogens with one attached hydrogen (secondary N) is 2. The number of carbonyl (C=O) groups excluding carboxylic acids is 2. The van der Waals surface area contributed by atoms with Crippen LogP contribution in [0.25, 0.3) is 0 Å². The highest BCUT2D eigenvalue weighted by molar-refractivity contribution is 6.34. The first-order chi connectivity index (χ1) is 15.1. The van der Waals surface area contributed by atoms with Crippen LogP contribution in [0.5, 0.6) is 0 Å². The highest BCUT2D eigenvalue weighted by Crippen LogP contribution is 2.33. The average Bonchev–Trinajstić information content (AvgIpc) is 2.79. The van der Waals surface area contributed by atoms with Crippen LogP contribution in [0.4, 0.5) is 11.4 Å². The molecule has 1 heterocycles. The van der Waals surface area contributed by atoms with Crippen LogP contribution in [0.1, 0.15) is 32.4 Å². The van der Waals surface area contributed by atoms with E-state index in [1.807, 2.05) is 36.4 Å². The number of ether oxygens (including phenoxy) is 1. The van der Waals surface area contributed by atoms with Gasteiger partial charge in [0.25, 0.3) is 11.8 Å². The summed E-state index contributed by atoms with van der Waals surface area (Å²) in [6.45, 7) is 0.840. The van der Waals surface area contributed by atoms with Crippen molar-refractivity contribution in [3.05, 3.63) is 94.5 Å². The molecule has 0 spiro atoms. The Morgan fingerprint density at radius 2 is 1.87 bits per heavy atom. The number of halogens is 1. The summed E-state index contributed by atoms with van der Waals surface area (Å²) in [7, 11) is 1.61. The van der Waals surface area contributed by atoms with Gasteiger partial charge in [0.2, 0.25) is 0 Å². The summed E-state index contributed by atoms with van der Waals surface area (Å²) in [6, 6.07) is 21.7. The van der Waals surface area contributed by atoms with E-state index < -0.39 is 6.17 Å². The van der Waals surface area contributed by atoms with E-state index in [9.17, 15) is 9.59 Å². The molecule has 3 aromatic carbocycles. The molecule has 0 saturated carbocycles. The number of para-hydroxylation sites is 1. The smallest absolute Gasteiger partial charge is 0.257 e. The van der Waals surface area contributed by atoms with E-state index in [1.165, 1.54) is 0 Å². The van der Waals surface area contributed by atoms with Crippen LogP contribution in [0, 0.1) is 0 Å². The summed E-state index contributed by atoms with van der Waals surface area (Å²) in [5.41, 5.74) is 3.25. The summed E-state index contributed by atoms with van der Waals surface area (Å²) in [6.07, 6.45) is -0.394. The van der Waals surface area contributed by atoms with Gasteiger partial charge in [-0.25, -0.2) is 0 Å². The maximum absolute atomic E-state index is 13.1. The largest absolute Gasteiger partial charge is 0.383 e. The monoisotopic (exact) mass is 435 g/mol. The van der Waals surface area contributed by atoms with E-state index in [0.29, 0.717) is 35.0 Å². The third-order valence-corrected chi connectivity index (χ3v) is 5.47. The summed E-state index contributed by atoms with van der Waals surface area (Å²) in [5, 5.41) is 6.71. The number of benzene rings is 3. The van der Waals surface area contributed by atoms with Gasteiger partial charge in [-0.3, -0.25) is 9.59 Å². The molecule has 6 nitrogen and oxygen atoms in total. The Labute approximate surface area is 185 Å². The van der Waals surface area contributed by atoms with E-state index in [-0.39, 0.29) is 11.8 Å². The SMILES string of the molecule is COCCN1C(=O)c2ccccc2NC1c1cccc(NC(=O)c2ccccc2Cl)c1. The van der Waals surface area contributed by atoms with Crippen molar-refractivity contribution in [3.8, 4) is 0 Å². The molecule has 3 aromatic rings. The second-order valence-electron chi connectivity index (χ2n) is 7.14. The van der Waals surface area contributed by atoms with Crippen LogP contribution >= 0.6 is 11.6 Å². The molecule has 1 aliphatic rings. The average molecular weight is 436 g/mol. The number of hydrogen-bond acceptors (Lipinski definition) is 4. The molecule has 1 atom stereocenters. The first kappa shape index (κ1) is 20.9. The van der Waals surface area contributed by atoms with E-state index in [4.69, 9.17) is 16.3 Å². The second kappa shape index (κ2) is 9.20. The Morgan fingerprint density at radius 3 is 2.68 bits per heavy atom. The zero-order chi connectivity index (χ0) is 21.8. The quantitative estimate of drug-likeness (QED) is 0.583. The normalized spacial score (nSPS) is 15.2. The molecule has 2 N–H and O–H groups in total. The topological polar surface area (TPSA) is 70.7 Å². The maximum Gasteiger partial charge on any atom is 0.257 e. The lowest BCUT2D eigenvalue weighted by Gasteiger charge is -2.38. The number of carbonyl (C=O) groups is 2. The molecule has 0 bridgehead atoms. The summed E-state index contributed by atoms with van der Waals surface area (Å²) in [4.78, 5) is 27.5. The van der Waals surface area contributed by atoms with Gasteiger partial charge in [-0.15, -0.1) is 0 Å². The first-order valence-electron chi connectivity index (χ1n) is 9.90. The van der Waals surface area contributed by atoms with Gasteiger partial charge < -0.3 is 20.3 Å². The zero-order valence-electron chi connectivity index (χ0n) is 17.0. The van der Waals surface area contributed by atoms with Gasteiger partial charge in [0, 0.05) is 25.0 Å². The zero-order valence-corrected chi connectivity index (χ0v) is 17.7. The molecule has 0 aromatic heterocycles. The summed E-state index contributed by atoms with van der Waals surface area (Å²) < 4.78 is 5.21. The van der Waals surface area contributed by atoms with E-state index >= 15 is 0 Å². The molecule has 0 radical (unpaired) electrons. The van der Waals surface area contributed by atoms with Crippen LogP contribution in [-0.4, -0.2) is 37.0 Å². The van der Waals surface area contributed by atoms with Crippen molar-refractivity contribution in [1.29, 1.82) is 0 Å². The molecule has 4 rings (SSSR count). The van der Waals surface area contributed by atoms with E-state index in [2.05, 4.69) is 10.6 Å². The van der Waals surface area contributed by atoms with Crippen LogP contribution in [0.2, 0.25) is 5.02 Å². The molecule has 2 amide bonds. The molecule has 158 valence electrons. The highest BCUT2D eigenvalue weighted by atomic mass is 35.5. The third-order valence-electron chi connectivity index (χ3n) is 5.14. The third kappa shape index (κ3) is 4.40. The molecule has 31 heavy (non-hydrogen) atoms. The predicted octanol–water partition coefficient (Wildman–Crippen LogP) is 4.81. The number of anilines is 2. The highest BCUT2D eigenvalue weighted by Gasteiger charge is 2.32. The Balaban J connectivity index is 1.63. The molecular formula is C24H22ClN3O3. The lowest BCUT2D eigenvalue weighted by atomic mass is 10.0. The van der Waals surface area contributed by atoms with Crippen molar-refractivity contribution < 1.29 is 14.3 Å². The number of methoxy groups -OCH3 is 1. The molecule has 0 saturated heterocycles. The van der Waals surface area contributed by atoms with Gasteiger partial charge in [0.1, 0.15) is 6.17 Å². The predicted molar refractivity (Wildman–Crippen MR) is 122 cm³/mol. The number of rotatable bonds is 6. The summed E-state index contributed by atoms with van der Waals surface area (Å²) in [5.74, 6) is -0.362. The van der Waals surface area contributed by atoms with E-state index in [0.717, 1.165) is 11.3 Å². The van der Waals surface area contributed by atoms with Crippen molar-refractivity contribution >= 4 is 34.8 Å². The van der Waals surface area contributed by atoms with Crippen molar-refractivity contribution in [2.75, 3.05) is 30.9 Å². The van der Waals surface area contributed by atoms with Crippen molar-refractivity contribution in [3.63, 3.8) is 0 Å². The number of nitrogens with zero attached hydrogens (tertiary/aromatic N) is 1. The number of hydrogen-bond donors (Lipinski definition) is 2. The van der Waals surface area contributed by atoms with Gasteiger partial charge in [-0.1, -0.05) is 48.0 Å². The minimum atomic E-state index is -0.394. The van der Waals surface area contributed by atoms with Gasteiger partial charge in [0.15, 0.2) is 0 Å². The Bertz CT molecular complexity index is 1120. The van der Waals surface area contributed by atoms with Gasteiger partial charge in [-0.2, -0.15) is 0 Å². The Kier molecular flexibility index (Phi) is 6.21. The minimum Gasteiger partial charge on any atom is -0.383 e. The maximum atomic E-state index is 13.1. The molecule has 1 unspecified atom stereocenters. The standard InChI is InChI=1S/C24H22ClN3O3/c1-31-14-13-28-22(27-21-12-5-3-10-19(21)24(28)30)16-7-6-8-17(15-16)26-23(29)18-9-2-4-11-20(18)25/h2-12,15,22,27H,13-14H2,1H3,(H,26,29). The molecule has 1 aliphatic heterocycles. The van der Waals surface area contributed by atoms with Crippen molar-refractivity contribution in [2.45, 2.75) is 6.17 Å². The molecule has 0 fully saturated rings. The van der Waals surface area contributed by atoms with Crippen LogP contribution < -0.4 is 10.6 Å². The number of fused-ring (bicyclic) bond motifs is 1. The Hall–Kier alpha value is -3.35. The van der Waals surface area contributed by atoms with Gasteiger partial charge >= 0.3 is 0 Å². The minimum absolute atomic E-state index is 0.0677. The lowest BCUT2D eigenvalue weighted by Crippen LogP contribution is -2.44. The van der Waals surface area contributed by atoms with E-state index in [1.54, 1.807) is 48.4 Å². The second-order valence-corrected chi connectivity index (χ2v) is 7.55. The van der Waals surface area contributed by atoms with Crippen LogP contribution in [0.3, 0.4) is 0 Å². The van der Waals surface area contributed by atoms with Crippen molar-refractivity contribution in [2.24, 2.45) is 0 Å². The Morgan fingerprint density at radius 1 is 1.10 bits per heavy atom. The first-order valence-corrected chi connectivity index (χ1v) is 10.3.